The molecule has 2 aliphatic rings. The summed E-state index contributed by atoms with van der Waals surface area (Å²) in [7, 11) is 1.83. The molecule has 0 aromatic carbocycles. The highest BCUT2D eigenvalue weighted by molar-refractivity contribution is 5.82. The van der Waals surface area contributed by atoms with Crippen molar-refractivity contribution >= 4 is 11.7 Å². The number of nitrogens with zero attached hydrogens (tertiary/aromatic N) is 4. The molecule has 1 saturated heterocycles. The molecule has 1 aromatic rings. The third-order valence-corrected chi connectivity index (χ3v) is 4.12. The van der Waals surface area contributed by atoms with E-state index in [9.17, 15) is 10.1 Å². The number of nitriles is 1. The lowest BCUT2D eigenvalue weighted by Crippen LogP contribution is -2.35. The van der Waals surface area contributed by atoms with Gasteiger partial charge in [-0.2, -0.15) is 5.26 Å². The molecule has 5 nitrogen and oxygen atoms in total. The molecule has 0 unspecified atom stereocenters. The summed E-state index contributed by atoms with van der Waals surface area (Å²) in [4.78, 5) is 20.4. The van der Waals surface area contributed by atoms with Gasteiger partial charge in [0.1, 0.15) is 11.9 Å². The molecule has 2 heterocycles. The van der Waals surface area contributed by atoms with Crippen LogP contribution in [0.3, 0.4) is 0 Å². The van der Waals surface area contributed by atoms with Gasteiger partial charge in [-0.25, -0.2) is 4.98 Å². The van der Waals surface area contributed by atoms with E-state index in [0.717, 1.165) is 44.5 Å². The van der Waals surface area contributed by atoms with Gasteiger partial charge in [0.2, 0.25) is 5.91 Å². The van der Waals surface area contributed by atoms with E-state index in [1.807, 2.05) is 18.0 Å². The summed E-state index contributed by atoms with van der Waals surface area (Å²) in [6.45, 7) is 1.86. The van der Waals surface area contributed by atoms with Crippen LogP contribution in [-0.4, -0.2) is 42.5 Å². The molecule has 1 amide bonds. The first-order valence-corrected chi connectivity index (χ1v) is 7.11. The minimum absolute atomic E-state index is 0.0914. The van der Waals surface area contributed by atoms with Crippen molar-refractivity contribution in [2.45, 2.75) is 25.7 Å². The van der Waals surface area contributed by atoms with Crippen LogP contribution in [0.25, 0.3) is 0 Å². The Labute approximate surface area is 118 Å². The molecule has 1 aromatic heterocycles. The van der Waals surface area contributed by atoms with Crippen LogP contribution in [0.2, 0.25) is 0 Å². The van der Waals surface area contributed by atoms with Crippen LogP contribution in [0.4, 0.5) is 5.82 Å². The summed E-state index contributed by atoms with van der Waals surface area (Å²) in [5.41, 5.74) is 2.90. The van der Waals surface area contributed by atoms with E-state index in [1.54, 1.807) is 4.90 Å². The van der Waals surface area contributed by atoms with Crippen molar-refractivity contribution in [2.75, 3.05) is 31.6 Å². The zero-order chi connectivity index (χ0) is 14.1. The predicted molar refractivity (Wildman–Crippen MR) is 75.4 cm³/mol. The zero-order valence-corrected chi connectivity index (χ0v) is 11.7. The molecule has 0 spiro atoms. The average molecular weight is 270 g/mol. The number of carbonyl (C=O) groups excluding carboxylic acids is 1. The van der Waals surface area contributed by atoms with Gasteiger partial charge in [-0.3, -0.25) is 4.79 Å². The molecule has 0 saturated carbocycles. The molecule has 1 aliphatic heterocycles. The normalized spacial score (nSPS) is 18.7. The summed E-state index contributed by atoms with van der Waals surface area (Å²) in [6.07, 6.45) is 4.01. The van der Waals surface area contributed by atoms with Crippen LogP contribution in [0.5, 0.6) is 0 Å². The number of rotatable bonds is 1. The number of likely N-dealkylation sites (N-methyl/N-ethyl adjacent to an activating group) is 1. The number of hydrogen-bond donors (Lipinski definition) is 0. The first-order valence-electron chi connectivity index (χ1n) is 7.11. The van der Waals surface area contributed by atoms with Crippen LogP contribution >= 0.6 is 0 Å². The fourth-order valence-corrected chi connectivity index (χ4v) is 2.95. The first-order chi connectivity index (χ1) is 9.69. The maximum atomic E-state index is 12.0. The fraction of sp³-hybridized carbons (Fsp3) is 0.533. The van der Waals surface area contributed by atoms with Crippen molar-refractivity contribution in [1.82, 2.24) is 9.88 Å². The first kappa shape index (κ1) is 12.9. The van der Waals surface area contributed by atoms with E-state index < -0.39 is 0 Å². The lowest BCUT2D eigenvalue weighted by atomic mass is 10.1. The molecule has 0 bridgehead atoms. The van der Waals surface area contributed by atoms with Crippen LogP contribution in [0.15, 0.2) is 6.07 Å². The minimum atomic E-state index is 0.0914. The molecule has 104 valence electrons. The van der Waals surface area contributed by atoms with E-state index in [1.165, 1.54) is 5.56 Å². The maximum absolute atomic E-state index is 12.0. The molecule has 1 fully saturated rings. The minimum Gasteiger partial charge on any atom is -0.346 e. The molecule has 0 N–H and O–H groups in total. The molecular weight excluding hydrogens is 252 g/mol. The standard InChI is InChI=1S/C15H18N4O/c1-18-6-3-7-19(10-14(18)20)15-12(9-16)8-11-4-2-5-13(11)17-15/h8H,2-7,10H2,1H3. The molecule has 5 heteroatoms. The van der Waals surface area contributed by atoms with E-state index >= 15 is 0 Å². The highest BCUT2D eigenvalue weighted by atomic mass is 16.2. The number of anilines is 1. The monoisotopic (exact) mass is 270 g/mol. The van der Waals surface area contributed by atoms with Crippen LogP contribution in [0.1, 0.15) is 29.7 Å². The third-order valence-electron chi connectivity index (χ3n) is 4.12. The highest BCUT2D eigenvalue weighted by Crippen LogP contribution is 2.27. The Morgan fingerprint density at radius 2 is 2.15 bits per heavy atom. The van der Waals surface area contributed by atoms with Gasteiger partial charge in [0.05, 0.1) is 12.1 Å². The number of fused-ring (bicyclic) bond motifs is 1. The highest BCUT2D eigenvalue weighted by Gasteiger charge is 2.24. The topological polar surface area (TPSA) is 60.2 Å². The smallest absolute Gasteiger partial charge is 0.241 e. The number of amides is 1. The molecule has 0 atom stereocenters. The quantitative estimate of drug-likeness (QED) is 0.767. The summed E-state index contributed by atoms with van der Waals surface area (Å²) in [6, 6.07) is 4.20. The van der Waals surface area contributed by atoms with Gasteiger partial charge in [0.25, 0.3) is 0 Å². The molecule has 20 heavy (non-hydrogen) atoms. The second-order valence-corrected chi connectivity index (χ2v) is 5.52. The summed E-state index contributed by atoms with van der Waals surface area (Å²) >= 11 is 0. The van der Waals surface area contributed by atoms with Crippen LogP contribution < -0.4 is 4.90 Å². The zero-order valence-electron chi connectivity index (χ0n) is 11.7. The lowest BCUT2D eigenvalue weighted by Gasteiger charge is -2.22. The van der Waals surface area contributed by atoms with Gasteiger partial charge in [0, 0.05) is 25.8 Å². The Kier molecular flexibility index (Phi) is 3.31. The number of aryl methyl sites for hydroxylation is 2. The maximum Gasteiger partial charge on any atom is 0.241 e. The Balaban J connectivity index is 1.97. The van der Waals surface area contributed by atoms with E-state index in [0.29, 0.717) is 17.9 Å². The summed E-state index contributed by atoms with van der Waals surface area (Å²) < 4.78 is 0. The number of hydrogen-bond acceptors (Lipinski definition) is 4. The SMILES string of the molecule is CN1CCCN(c2nc3c(cc2C#N)CCC3)CC1=O. The Hall–Kier alpha value is -2.09. The molecule has 3 rings (SSSR count). The summed E-state index contributed by atoms with van der Waals surface area (Å²) in [5, 5.41) is 9.36. The second kappa shape index (κ2) is 5.12. The van der Waals surface area contributed by atoms with E-state index in [4.69, 9.17) is 0 Å². The van der Waals surface area contributed by atoms with Crippen LogP contribution in [-0.2, 0) is 17.6 Å². The number of pyridine rings is 1. The van der Waals surface area contributed by atoms with Crippen molar-refractivity contribution < 1.29 is 4.79 Å². The molecule has 1 aliphatic carbocycles. The molecular formula is C15H18N4O. The van der Waals surface area contributed by atoms with Crippen molar-refractivity contribution in [2.24, 2.45) is 0 Å². The third kappa shape index (κ3) is 2.22. The van der Waals surface area contributed by atoms with Crippen molar-refractivity contribution in [1.29, 1.82) is 5.26 Å². The van der Waals surface area contributed by atoms with Gasteiger partial charge in [-0.15, -0.1) is 0 Å². The Bertz CT molecular complexity index is 590. The molecule has 0 radical (unpaired) electrons. The van der Waals surface area contributed by atoms with Crippen molar-refractivity contribution in [3.8, 4) is 6.07 Å². The van der Waals surface area contributed by atoms with Crippen molar-refractivity contribution in [3.05, 3.63) is 22.9 Å². The van der Waals surface area contributed by atoms with Gasteiger partial charge >= 0.3 is 0 Å². The van der Waals surface area contributed by atoms with Crippen molar-refractivity contribution in [3.63, 3.8) is 0 Å². The predicted octanol–water partition coefficient (Wildman–Crippen LogP) is 1.11. The van der Waals surface area contributed by atoms with E-state index in [2.05, 4.69) is 11.1 Å². The second-order valence-electron chi connectivity index (χ2n) is 5.52. The van der Waals surface area contributed by atoms with Gasteiger partial charge < -0.3 is 9.80 Å². The summed E-state index contributed by atoms with van der Waals surface area (Å²) in [5.74, 6) is 0.783. The van der Waals surface area contributed by atoms with Gasteiger partial charge in [-0.1, -0.05) is 0 Å². The number of carbonyl (C=O) groups is 1. The number of aromatic nitrogens is 1. The average Bonchev–Trinajstić information content (AvgIpc) is 2.84. The largest absolute Gasteiger partial charge is 0.346 e. The Morgan fingerprint density at radius 3 is 2.95 bits per heavy atom. The lowest BCUT2D eigenvalue weighted by molar-refractivity contribution is -0.127. The van der Waals surface area contributed by atoms with Crippen LogP contribution in [0, 0.1) is 11.3 Å². The van der Waals surface area contributed by atoms with Gasteiger partial charge in [-0.05, 0) is 37.3 Å². The van der Waals surface area contributed by atoms with E-state index in [-0.39, 0.29) is 5.91 Å². The Morgan fingerprint density at radius 1 is 1.30 bits per heavy atom. The van der Waals surface area contributed by atoms with Gasteiger partial charge in [0.15, 0.2) is 0 Å². The fourth-order valence-electron chi connectivity index (χ4n) is 2.95.